The lowest BCUT2D eigenvalue weighted by Gasteiger charge is -2.40. The number of rotatable bonds is 3. The van der Waals surface area contributed by atoms with E-state index in [4.69, 9.17) is 4.74 Å². The van der Waals surface area contributed by atoms with Crippen molar-refractivity contribution in [2.75, 3.05) is 18.0 Å². The summed E-state index contributed by atoms with van der Waals surface area (Å²) in [5, 5.41) is 8.27. The molecule has 1 saturated heterocycles. The van der Waals surface area contributed by atoms with Crippen LogP contribution in [0.1, 0.15) is 16.7 Å². The van der Waals surface area contributed by atoms with Gasteiger partial charge >= 0.3 is 0 Å². The quantitative estimate of drug-likeness (QED) is 0.858. The van der Waals surface area contributed by atoms with Crippen LogP contribution in [0.5, 0.6) is 5.75 Å². The smallest absolute Gasteiger partial charge is 0.154 e. The molecule has 1 aliphatic heterocycles. The van der Waals surface area contributed by atoms with E-state index >= 15 is 0 Å². The first-order valence-corrected chi connectivity index (χ1v) is 6.90. The SMILES string of the molecule is Cc1cccc(OC2CN(c3nncc(C)c3C)C2)c1. The molecule has 2 aromatic rings. The van der Waals surface area contributed by atoms with Gasteiger partial charge in [-0.05, 0) is 49.6 Å². The molecular weight excluding hydrogens is 250 g/mol. The van der Waals surface area contributed by atoms with Crippen molar-refractivity contribution in [1.29, 1.82) is 0 Å². The molecule has 2 heterocycles. The maximum absolute atomic E-state index is 5.96. The normalized spacial score (nSPS) is 15.1. The van der Waals surface area contributed by atoms with Gasteiger partial charge in [-0.25, -0.2) is 0 Å². The van der Waals surface area contributed by atoms with E-state index in [1.54, 1.807) is 6.20 Å². The Balaban J connectivity index is 1.63. The van der Waals surface area contributed by atoms with E-state index in [-0.39, 0.29) is 6.10 Å². The van der Waals surface area contributed by atoms with Gasteiger partial charge in [0.1, 0.15) is 11.9 Å². The van der Waals surface area contributed by atoms with E-state index in [1.165, 1.54) is 16.7 Å². The highest BCUT2D eigenvalue weighted by molar-refractivity contribution is 5.50. The molecule has 0 saturated carbocycles. The Morgan fingerprint density at radius 3 is 2.75 bits per heavy atom. The Hall–Kier alpha value is -2.10. The molecular formula is C16H19N3O. The van der Waals surface area contributed by atoms with Crippen molar-refractivity contribution < 1.29 is 4.74 Å². The summed E-state index contributed by atoms with van der Waals surface area (Å²) in [5.74, 6) is 1.93. The van der Waals surface area contributed by atoms with Crippen molar-refractivity contribution in [3.05, 3.63) is 47.2 Å². The second-order valence-corrected chi connectivity index (χ2v) is 5.44. The number of ether oxygens (including phenoxy) is 1. The van der Waals surface area contributed by atoms with Gasteiger partial charge in [0.15, 0.2) is 5.82 Å². The summed E-state index contributed by atoms with van der Waals surface area (Å²) in [5.41, 5.74) is 3.60. The summed E-state index contributed by atoms with van der Waals surface area (Å²) in [6, 6.07) is 8.18. The molecule has 1 aromatic heterocycles. The average molecular weight is 269 g/mol. The minimum Gasteiger partial charge on any atom is -0.487 e. The number of anilines is 1. The molecule has 104 valence electrons. The van der Waals surface area contributed by atoms with Crippen LogP contribution >= 0.6 is 0 Å². The zero-order valence-corrected chi connectivity index (χ0v) is 12.1. The molecule has 20 heavy (non-hydrogen) atoms. The van der Waals surface area contributed by atoms with Gasteiger partial charge < -0.3 is 9.64 Å². The monoisotopic (exact) mass is 269 g/mol. The fourth-order valence-electron chi connectivity index (χ4n) is 2.39. The van der Waals surface area contributed by atoms with Gasteiger partial charge in [0.05, 0.1) is 19.3 Å². The fourth-order valence-corrected chi connectivity index (χ4v) is 2.39. The van der Waals surface area contributed by atoms with E-state index in [2.05, 4.69) is 48.0 Å². The summed E-state index contributed by atoms with van der Waals surface area (Å²) in [6.07, 6.45) is 2.04. The Morgan fingerprint density at radius 2 is 2.00 bits per heavy atom. The van der Waals surface area contributed by atoms with Gasteiger partial charge in [0.2, 0.25) is 0 Å². The highest BCUT2D eigenvalue weighted by atomic mass is 16.5. The van der Waals surface area contributed by atoms with Gasteiger partial charge in [-0.2, -0.15) is 5.10 Å². The maximum atomic E-state index is 5.96. The molecule has 0 atom stereocenters. The van der Waals surface area contributed by atoms with E-state index < -0.39 is 0 Å². The van der Waals surface area contributed by atoms with Crippen LogP contribution in [0.25, 0.3) is 0 Å². The third-order valence-corrected chi connectivity index (χ3v) is 3.77. The molecule has 1 aromatic carbocycles. The summed E-state index contributed by atoms with van der Waals surface area (Å²) >= 11 is 0. The second-order valence-electron chi connectivity index (χ2n) is 5.44. The zero-order chi connectivity index (χ0) is 14.1. The van der Waals surface area contributed by atoms with Gasteiger partial charge in [-0.15, -0.1) is 5.10 Å². The van der Waals surface area contributed by atoms with Gasteiger partial charge in [-0.3, -0.25) is 0 Å². The van der Waals surface area contributed by atoms with Gasteiger partial charge in [0.25, 0.3) is 0 Å². The van der Waals surface area contributed by atoms with Crippen molar-refractivity contribution in [1.82, 2.24) is 10.2 Å². The molecule has 1 fully saturated rings. The first-order chi connectivity index (χ1) is 9.63. The summed E-state index contributed by atoms with van der Waals surface area (Å²) in [4.78, 5) is 2.22. The lowest BCUT2D eigenvalue weighted by atomic mass is 10.1. The molecule has 0 bridgehead atoms. The lowest BCUT2D eigenvalue weighted by Crippen LogP contribution is -2.54. The molecule has 0 amide bonds. The van der Waals surface area contributed by atoms with Crippen LogP contribution < -0.4 is 9.64 Å². The number of hydrogen-bond donors (Lipinski definition) is 0. The van der Waals surface area contributed by atoms with Crippen LogP contribution in [-0.4, -0.2) is 29.4 Å². The molecule has 0 N–H and O–H groups in total. The molecule has 0 spiro atoms. The number of aromatic nitrogens is 2. The molecule has 0 radical (unpaired) electrons. The molecule has 0 unspecified atom stereocenters. The van der Waals surface area contributed by atoms with Crippen molar-refractivity contribution in [2.24, 2.45) is 0 Å². The van der Waals surface area contributed by atoms with Crippen LogP contribution in [0.2, 0.25) is 0 Å². The minimum absolute atomic E-state index is 0.235. The van der Waals surface area contributed by atoms with Crippen LogP contribution in [0, 0.1) is 20.8 Å². The van der Waals surface area contributed by atoms with Crippen LogP contribution in [0.3, 0.4) is 0 Å². The molecule has 3 rings (SSSR count). The Labute approximate surface area is 119 Å². The van der Waals surface area contributed by atoms with E-state index in [9.17, 15) is 0 Å². The van der Waals surface area contributed by atoms with Crippen LogP contribution in [0.15, 0.2) is 30.5 Å². The highest BCUT2D eigenvalue weighted by Gasteiger charge is 2.30. The standard InChI is InChI=1S/C16H19N3O/c1-11-5-4-6-14(7-11)20-15-9-19(10-15)16-13(3)12(2)8-17-18-16/h4-8,15H,9-10H2,1-3H3. The van der Waals surface area contributed by atoms with E-state index in [0.29, 0.717) is 0 Å². The van der Waals surface area contributed by atoms with Crippen LogP contribution in [0.4, 0.5) is 5.82 Å². The Kier molecular flexibility index (Phi) is 3.30. The highest BCUT2D eigenvalue weighted by Crippen LogP contribution is 2.26. The van der Waals surface area contributed by atoms with Gasteiger partial charge in [0, 0.05) is 0 Å². The molecule has 4 heteroatoms. The van der Waals surface area contributed by atoms with E-state index in [1.807, 2.05) is 12.1 Å². The second kappa shape index (κ2) is 5.12. The topological polar surface area (TPSA) is 38.2 Å². The van der Waals surface area contributed by atoms with Crippen molar-refractivity contribution >= 4 is 5.82 Å². The molecule has 0 aliphatic carbocycles. The number of hydrogen-bond acceptors (Lipinski definition) is 4. The summed E-state index contributed by atoms with van der Waals surface area (Å²) in [7, 11) is 0. The van der Waals surface area contributed by atoms with Crippen molar-refractivity contribution in [3.63, 3.8) is 0 Å². The fraction of sp³-hybridized carbons (Fsp3) is 0.375. The Bertz CT molecular complexity index is 621. The molecule has 4 nitrogen and oxygen atoms in total. The Morgan fingerprint density at radius 1 is 1.20 bits per heavy atom. The third-order valence-electron chi connectivity index (χ3n) is 3.77. The van der Waals surface area contributed by atoms with E-state index in [0.717, 1.165) is 24.7 Å². The predicted molar refractivity (Wildman–Crippen MR) is 79.3 cm³/mol. The van der Waals surface area contributed by atoms with Gasteiger partial charge in [-0.1, -0.05) is 12.1 Å². The first-order valence-electron chi connectivity index (χ1n) is 6.90. The zero-order valence-electron chi connectivity index (χ0n) is 12.1. The van der Waals surface area contributed by atoms with Crippen molar-refractivity contribution in [2.45, 2.75) is 26.9 Å². The molecule has 1 aliphatic rings. The minimum atomic E-state index is 0.235. The average Bonchev–Trinajstić information content (AvgIpc) is 2.37. The number of aryl methyl sites for hydroxylation is 2. The third kappa shape index (κ3) is 2.46. The van der Waals surface area contributed by atoms with Crippen molar-refractivity contribution in [3.8, 4) is 5.75 Å². The largest absolute Gasteiger partial charge is 0.487 e. The first kappa shape index (κ1) is 12.9. The summed E-state index contributed by atoms with van der Waals surface area (Å²) in [6.45, 7) is 7.97. The lowest BCUT2D eigenvalue weighted by molar-refractivity contribution is 0.166. The maximum Gasteiger partial charge on any atom is 0.154 e. The summed E-state index contributed by atoms with van der Waals surface area (Å²) < 4.78 is 5.96. The predicted octanol–water partition coefficient (Wildman–Crippen LogP) is 2.67. The number of benzene rings is 1. The van der Waals surface area contributed by atoms with Crippen LogP contribution in [-0.2, 0) is 0 Å². The number of nitrogens with zero attached hydrogens (tertiary/aromatic N) is 3.